The van der Waals surface area contributed by atoms with Gasteiger partial charge in [-0.1, -0.05) is 18.2 Å². The Morgan fingerprint density at radius 1 is 1.30 bits per heavy atom. The lowest BCUT2D eigenvalue weighted by Gasteiger charge is -2.12. The zero-order valence-corrected chi connectivity index (χ0v) is 6.14. The monoisotopic (exact) mass is 135 g/mol. The Morgan fingerprint density at radius 2 is 2.10 bits per heavy atom. The molecule has 2 N–H and O–H groups in total. The van der Waals surface area contributed by atoms with Gasteiger partial charge in [-0.25, -0.2) is 0 Å². The van der Waals surface area contributed by atoms with Crippen LogP contribution >= 0.6 is 0 Å². The Bertz CT molecular complexity index is 197. The van der Waals surface area contributed by atoms with E-state index in [0.717, 1.165) is 0 Å². The van der Waals surface area contributed by atoms with Crippen LogP contribution in [-0.2, 0) is 0 Å². The molecule has 54 valence electrons. The smallest absolute Gasteiger partial charge is 0.0407 e. The second kappa shape index (κ2) is 1.96. The molecule has 0 radical (unpaired) electrons. The minimum atomic E-state index is 0.0942. The molecule has 10 heavy (non-hydrogen) atoms. The molecule has 0 aromatic carbocycles. The Morgan fingerprint density at radius 3 is 2.60 bits per heavy atom. The maximum Gasteiger partial charge on any atom is 0.0407 e. The molecule has 1 heteroatoms. The van der Waals surface area contributed by atoms with Crippen molar-refractivity contribution in [3.8, 4) is 0 Å². The molecule has 0 aromatic heterocycles. The Balaban J connectivity index is 2.17. The number of allylic oxidation sites excluding steroid dienone is 2. The van der Waals surface area contributed by atoms with Gasteiger partial charge in [-0.05, 0) is 31.3 Å². The fraction of sp³-hybridized carbons (Fsp3) is 0.556. The molecule has 0 atom stereocenters. The van der Waals surface area contributed by atoms with Crippen LogP contribution in [0.15, 0.2) is 23.8 Å². The van der Waals surface area contributed by atoms with E-state index < -0.39 is 0 Å². The van der Waals surface area contributed by atoms with Crippen LogP contribution in [0.1, 0.15) is 25.7 Å². The van der Waals surface area contributed by atoms with Gasteiger partial charge in [-0.15, -0.1) is 0 Å². The fourth-order valence-electron chi connectivity index (χ4n) is 1.41. The van der Waals surface area contributed by atoms with Crippen LogP contribution in [-0.4, -0.2) is 5.54 Å². The van der Waals surface area contributed by atoms with Crippen molar-refractivity contribution >= 4 is 0 Å². The summed E-state index contributed by atoms with van der Waals surface area (Å²) in [5, 5.41) is 0. The van der Waals surface area contributed by atoms with E-state index >= 15 is 0 Å². The maximum absolute atomic E-state index is 6.00. The highest BCUT2D eigenvalue weighted by molar-refractivity contribution is 5.37. The number of rotatable bonds is 1. The first-order chi connectivity index (χ1) is 4.81. The molecule has 0 aromatic rings. The van der Waals surface area contributed by atoms with Crippen molar-refractivity contribution < 1.29 is 0 Å². The standard InChI is InChI=1S/C9H13N/c10-9(6-7-9)8-4-2-1-3-5-8/h2,4-5H,1,3,6-7,10H2. The van der Waals surface area contributed by atoms with Gasteiger partial charge in [-0.2, -0.15) is 0 Å². The summed E-state index contributed by atoms with van der Waals surface area (Å²) in [6.07, 6.45) is 11.4. The van der Waals surface area contributed by atoms with Gasteiger partial charge in [0.1, 0.15) is 0 Å². The van der Waals surface area contributed by atoms with E-state index in [0.29, 0.717) is 0 Å². The van der Waals surface area contributed by atoms with Gasteiger partial charge in [0.25, 0.3) is 0 Å². The van der Waals surface area contributed by atoms with Gasteiger partial charge < -0.3 is 5.73 Å². The second-order valence-corrected chi connectivity index (χ2v) is 3.30. The van der Waals surface area contributed by atoms with Crippen LogP contribution in [0.4, 0.5) is 0 Å². The van der Waals surface area contributed by atoms with Crippen LogP contribution in [0.5, 0.6) is 0 Å². The Hall–Kier alpha value is -0.560. The zero-order valence-electron chi connectivity index (χ0n) is 6.14. The molecule has 0 bridgehead atoms. The summed E-state index contributed by atoms with van der Waals surface area (Å²) in [6.45, 7) is 0. The zero-order chi connectivity index (χ0) is 7.03. The summed E-state index contributed by atoms with van der Waals surface area (Å²) in [6, 6.07) is 0. The molecular formula is C9H13N. The minimum Gasteiger partial charge on any atom is -0.321 e. The minimum absolute atomic E-state index is 0.0942. The predicted molar refractivity (Wildman–Crippen MR) is 42.6 cm³/mol. The number of nitrogens with two attached hydrogens (primary N) is 1. The highest BCUT2D eigenvalue weighted by Crippen LogP contribution is 2.41. The lowest BCUT2D eigenvalue weighted by molar-refractivity contribution is 0.796. The predicted octanol–water partition coefficient (Wildman–Crippen LogP) is 1.75. The molecule has 0 aliphatic heterocycles. The van der Waals surface area contributed by atoms with Crippen molar-refractivity contribution in [1.29, 1.82) is 0 Å². The third-order valence-electron chi connectivity index (χ3n) is 2.36. The van der Waals surface area contributed by atoms with Crippen LogP contribution in [0.2, 0.25) is 0 Å². The molecule has 0 spiro atoms. The molecule has 2 aliphatic rings. The number of hydrogen-bond acceptors (Lipinski definition) is 1. The van der Waals surface area contributed by atoms with E-state index in [4.69, 9.17) is 5.73 Å². The molecule has 0 saturated heterocycles. The lowest BCUT2D eigenvalue weighted by atomic mass is 9.99. The first-order valence-corrected chi connectivity index (χ1v) is 3.97. The van der Waals surface area contributed by atoms with E-state index in [1.807, 2.05) is 0 Å². The van der Waals surface area contributed by atoms with E-state index in [1.165, 1.54) is 31.3 Å². The second-order valence-electron chi connectivity index (χ2n) is 3.30. The summed E-state index contributed by atoms with van der Waals surface area (Å²) in [5.74, 6) is 0. The van der Waals surface area contributed by atoms with Crippen molar-refractivity contribution in [3.63, 3.8) is 0 Å². The summed E-state index contributed by atoms with van der Waals surface area (Å²) in [7, 11) is 0. The first kappa shape index (κ1) is 6.17. The molecule has 0 unspecified atom stereocenters. The summed E-state index contributed by atoms with van der Waals surface area (Å²) >= 11 is 0. The van der Waals surface area contributed by atoms with Gasteiger partial charge in [0.2, 0.25) is 0 Å². The van der Waals surface area contributed by atoms with Crippen molar-refractivity contribution in [2.24, 2.45) is 5.73 Å². The maximum atomic E-state index is 6.00. The van der Waals surface area contributed by atoms with Gasteiger partial charge in [0.15, 0.2) is 0 Å². The van der Waals surface area contributed by atoms with Crippen LogP contribution in [0, 0.1) is 0 Å². The quantitative estimate of drug-likeness (QED) is 0.582. The molecular weight excluding hydrogens is 122 g/mol. The highest BCUT2D eigenvalue weighted by Gasteiger charge is 2.40. The summed E-state index contributed by atoms with van der Waals surface area (Å²) < 4.78 is 0. The average molecular weight is 135 g/mol. The Kier molecular flexibility index (Phi) is 1.21. The van der Waals surface area contributed by atoms with Crippen LogP contribution in [0.25, 0.3) is 0 Å². The first-order valence-electron chi connectivity index (χ1n) is 3.97. The third kappa shape index (κ3) is 0.907. The molecule has 2 rings (SSSR count). The average Bonchev–Trinajstić information content (AvgIpc) is 2.72. The lowest BCUT2D eigenvalue weighted by Crippen LogP contribution is -2.23. The summed E-state index contributed by atoms with van der Waals surface area (Å²) in [5.41, 5.74) is 7.47. The van der Waals surface area contributed by atoms with Crippen molar-refractivity contribution in [2.75, 3.05) is 0 Å². The topological polar surface area (TPSA) is 26.0 Å². The van der Waals surface area contributed by atoms with Gasteiger partial charge in [-0.3, -0.25) is 0 Å². The van der Waals surface area contributed by atoms with Crippen molar-refractivity contribution in [3.05, 3.63) is 23.8 Å². The van der Waals surface area contributed by atoms with Crippen molar-refractivity contribution in [1.82, 2.24) is 0 Å². The normalized spacial score (nSPS) is 27.9. The molecule has 2 aliphatic carbocycles. The van der Waals surface area contributed by atoms with E-state index in [1.54, 1.807) is 0 Å². The van der Waals surface area contributed by atoms with Gasteiger partial charge in [0.05, 0.1) is 0 Å². The molecule has 0 heterocycles. The molecule has 1 fully saturated rings. The van der Waals surface area contributed by atoms with Crippen LogP contribution < -0.4 is 5.73 Å². The highest BCUT2D eigenvalue weighted by atomic mass is 14.8. The van der Waals surface area contributed by atoms with E-state index in [9.17, 15) is 0 Å². The van der Waals surface area contributed by atoms with E-state index in [-0.39, 0.29) is 5.54 Å². The number of hydrogen-bond donors (Lipinski definition) is 1. The molecule has 0 amide bonds. The van der Waals surface area contributed by atoms with E-state index in [2.05, 4.69) is 18.2 Å². The van der Waals surface area contributed by atoms with Crippen molar-refractivity contribution in [2.45, 2.75) is 31.2 Å². The molecule has 1 nitrogen and oxygen atoms in total. The van der Waals surface area contributed by atoms with Gasteiger partial charge >= 0.3 is 0 Å². The third-order valence-corrected chi connectivity index (χ3v) is 2.36. The van der Waals surface area contributed by atoms with Gasteiger partial charge in [0, 0.05) is 5.54 Å². The largest absolute Gasteiger partial charge is 0.321 e. The fourth-order valence-corrected chi connectivity index (χ4v) is 1.41. The summed E-state index contributed by atoms with van der Waals surface area (Å²) in [4.78, 5) is 0. The molecule has 1 saturated carbocycles. The SMILES string of the molecule is NC1(C2=CCCC=C2)CC1. The van der Waals surface area contributed by atoms with Crippen LogP contribution in [0.3, 0.4) is 0 Å². The Labute approximate surface area is 61.6 Å².